The van der Waals surface area contributed by atoms with Gasteiger partial charge >= 0.3 is 18.1 Å². The summed E-state index contributed by atoms with van der Waals surface area (Å²) < 4.78 is 55.8. The van der Waals surface area contributed by atoms with Crippen LogP contribution in [0, 0.1) is 0 Å². The minimum absolute atomic E-state index is 0.0757. The van der Waals surface area contributed by atoms with Gasteiger partial charge in [-0.15, -0.1) is 0 Å². The second-order valence-corrected chi connectivity index (χ2v) is 7.92. The maximum absolute atomic E-state index is 13.3. The van der Waals surface area contributed by atoms with Gasteiger partial charge < -0.3 is 19.6 Å². The smallest absolute Gasteiger partial charge is 0.490 e. The third-order valence-electron chi connectivity index (χ3n) is 5.37. The monoisotopic (exact) mass is 488 g/mol. The number of hydrogen-bond donors (Lipinski definition) is 2. The van der Waals surface area contributed by atoms with E-state index in [9.17, 15) is 22.4 Å². The fraction of sp³-hybridized carbons (Fsp3) is 0.524. The summed E-state index contributed by atoms with van der Waals surface area (Å²) in [5, 5.41) is 9.95. The number of amides is 1. The number of carbonyl (C=O) groups is 2. The zero-order valence-electron chi connectivity index (χ0n) is 18.3. The van der Waals surface area contributed by atoms with E-state index in [2.05, 4.69) is 20.2 Å². The number of carboxylic acids is 1. The molecule has 0 bridgehead atoms. The van der Waals surface area contributed by atoms with Crippen LogP contribution in [0.1, 0.15) is 47.1 Å². The zero-order chi connectivity index (χ0) is 24.9. The standard InChI is InChI=1S/C19H23FN4O3.C2HF3O2/c1-26-15-5-4-14(21-9-15)10-24-7-6-17-16(11-24)23-19(27-17)18(25)22-13-3-2-12(20)8-13;3-2(4,5)1(6)7/h4-5,9,12-13H,2-3,6-8,10-11H2,1H3,(H,22,25);(H,6,7)/t12-,13-;/m1./s1. The van der Waals surface area contributed by atoms with Crippen LogP contribution in [0.15, 0.2) is 22.7 Å². The first-order valence-corrected chi connectivity index (χ1v) is 10.5. The molecule has 34 heavy (non-hydrogen) atoms. The van der Waals surface area contributed by atoms with Crippen molar-refractivity contribution in [2.24, 2.45) is 0 Å². The highest BCUT2D eigenvalue weighted by Crippen LogP contribution is 2.24. The van der Waals surface area contributed by atoms with E-state index in [1.54, 1.807) is 13.3 Å². The highest BCUT2D eigenvalue weighted by Gasteiger charge is 2.38. The molecule has 13 heteroatoms. The van der Waals surface area contributed by atoms with Gasteiger partial charge in [-0.25, -0.2) is 14.2 Å². The zero-order valence-corrected chi connectivity index (χ0v) is 18.3. The number of alkyl halides is 4. The van der Waals surface area contributed by atoms with Crippen molar-refractivity contribution in [3.63, 3.8) is 0 Å². The number of rotatable bonds is 5. The summed E-state index contributed by atoms with van der Waals surface area (Å²) >= 11 is 0. The minimum atomic E-state index is -5.08. The van der Waals surface area contributed by atoms with Gasteiger partial charge in [-0.2, -0.15) is 13.2 Å². The number of methoxy groups -OCH3 is 1. The lowest BCUT2D eigenvalue weighted by Crippen LogP contribution is -2.33. The molecule has 0 saturated heterocycles. The van der Waals surface area contributed by atoms with E-state index < -0.39 is 18.3 Å². The van der Waals surface area contributed by atoms with E-state index in [4.69, 9.17) is 19.1 Å². The van der Waals surface area contributed by atoms with Crippen LogP contribution in [0.4, 0.5) is 17.6 Å². The second-order valence-electron chi connectivity index (χ2n) is 7.92. The molecule has 1 aliphatic heterocycles. The highest BCUT2D eigenvalue weighted by atomic mass is 19.4. The molecular weight excluding hydrogens is 464 g/mol. The number of oxazole rings is 1. The summed E-state index contributed by atoms with van der Waals surface area (Å²) in [7, 11) is 1.61. The lowest BCUT2D eigenvalue weighted by atomic mass is 10.1. The van der Waals surface area contributed by atoms with Crippen molar-refractivity contribution in [1.82, 2.24) is 20.2 Å². The van der Waals surface area contributed by atoms with E-state index in [0.29, 0.717) is 38.8 Å². The summed E-state index contributed by atoms with van der Waals surface area (Å²) in [5.74, 6) is -1.55. The Bertz CT molecular complexity index is 996. The van der Waals surface area contributed by atoms with Gasteiger partial charge in [-0.3, -0.25) is 14.7 Å². The second kappa shape index (κ2) is 10.8. The lowest BCUT2D eigenvalue weighted by molar-refractivity contribution is -0.192. The van der Waals surface area contributed by atoms with Gasteiger partial charge in [0.15, 0.2) is 0 Å². The maximum Gasteiger partial charge on any atom is 0.490 e. The van der Waals surface area contributed by atoms with Crippen molar-refractivity contribution in [3.05, 3.63) is 41.4 Å². The van der Waals surface area contributed by atoms with Gasteiger partial charge in [0.2, 0.25) is 0 Å². The van der Waals surface area contributed by atoms with Crippen LogP contribution in [0.2, 0.25) is 0 Å². The number of carbonyl (C=O) groups excluding carboxylic acids is 1. The molecule has 1 amide bonds. The Balaban J connectivity index is 0.000000406. The number of aliphatic carboxylic acids is 1. The summed E-state index contributed by atoms with van der Waals surface area (Å²) in [6.45, 7) is 2.11. The highest BCUT2D eigenvalue weighted by molar-refractivity contribution is 5.90. The first kappa shape index (κ1) is 25.4. The van der Waals surface area contributed by atoms with Crippen molar-refractivity contribution in [1.29, 1.82) is 0 Å². The molecule has 2 aromatic heterocycles. The Morgan fingerprint density at radius 1 is 1.32 bits per heavy atom. The van der Waals surface area contributed by atoms with E-state index in [-0.39, 0.29) is 17.8 Å². The maximum atomic E-state index is 13.3. The molecule has 4 rings (SSSR count). The fourth-order valence-corrected chi connectivity index (χ4v) is 3.64. The van der Waals surface area contributed by atoms with Crippen molar-refractivity contribution < 1.29 is 41.4 Å². The number of ether oxygens (including phenoxy) is 1. The largest absolute Gasteiger partial charge is 0.495 e. The van der Waals surface area contributed by atoms with Gasteiger partial charge in [0.25, 0.3) is 5.89 Å². The molecule has 2 aromatic rings. The molecule has 0 radical (unpaired) electrons. The molecular formula is C21H24F4N4O5. The number of fused-ring (bicyclic) bond motifs is 1. The van der Waals surface area contributed by atoms with Gasteiger partial charge in [-0.05, 0) is 31.4 Å². The van der Waals surface area contributed by atoms with E-state index in [1.165, 1.54) is 0 Å². The Morgan fingerprint density at radius 3 is 2.62 bits per heavy atom. The van der Waals surface area contributed by atoms with Crippen LogP contribution in [0.3, 0.4) is 0 Å². The van der Waals surface area contributed by atoms with E-state index >= 15 is 0 Å². The summed E-state index contributed by atoms with van der Waals surface area (Å²) in [6, 6.07) is 3.70. The van der Waals surface area contributed by atoms with Crippen LogP contribution in [-0.2, 0) is 24.3 Å². The van der Waals surface area contributed by atoms with Crippen LogP contribution in [0.5, 0.6) is 5.75 Å². The molecule has 0 unspecified atom stereocenters. The lowest BCUT2D eigenvalue weighted by Gasteiger charge is -2.24. The minimum Gasteiger partial charge on any atom is -0.495 e. The Morgan fingerprint density at radius 2 is 2.06 bits per heavy atom. The molecule has 2 aliphatic rings. The third kappa shape index (κ3) is 6.89. The van der Waals surface area contributed by atoms with Crippen molar-refractivity contribution >= 4 is 11.9 Å². The molecule has 1 aliphatic carbocycles. The average Bonchev–Trinajstić information content (AvgIpc) is 3.39. The number of halogens is 4. The van der Waals surface area contributed by atoms with Gasteiger partial charge in [0.1, 0.15) is 17.7 Å². The normalized spacial score (nSPS) is 20.1. The van der Waals surface area contributed by atoms with Gasteiger partial charge in [0.05, 0.1) is 24.7 Å². The molecule has 0 spiro atoms. The molecule has 2 atom stereocenters. The van der Waals surface area contributed by atoms with Crippen LogP contribution in [-0.4, -0.2) is 63.9 Å². The molecule has 3 heterocycles. The topological polar surface area (TPSA) is 118 Å². The number of pyridine rings is 1. The molecule has 1 fully saturated rings. The molecule has 1 saturated carbocycles. The van der Waals surface area contributed by atoms with E-state index in [0.717, 1.165) is 29.4 Å². The molecule has 9 nitrogen and oxygen atoms in total. The molecule has 2 N–H and O–H groups in total. The average molecular weight is 488 g/mol. The van der Waals surface area contributed by atoms with Gasteiger partial charge in [0, 0.05) is 32.1 Å². The summed E-state index contributed by atoms with van der Waals surface area (Å²) in [6.07, 6.45) is -1.98. The molecule has 186 valence electrons. The predicted molar refractivity (Wildman–Crippen MR) is 109 cm³/mol. The van der Waals surface area contributed by atoms with Crippen LogP contribution < -0.4 is 10.1 Å². The SMILES string of the molecule is COc1ccc(CN2CCc3oc(C(=O)N[C@@H]4CC[C@@H](F)C4)nc3C2)nc1.O=C(O)C(F)(F)F. The van der Waals surface area contributed by atoms with Crippen LogP contribution >= 0.6 is 0 Å². The van der Waals surface area contributed by atoms with Crippen molar-refractivity contribution in [2.45, 2.75) is 57.2 Å². The number of aromatic nitrogens is 2. The van der Waals surface area contributed by atoms with E-state index in [1.807, 2.05) is 12.1 Å². The quantitative estimate of drug-likeness (QED) is 0.617. The first-order valence-electron chi connectivity index (χ1n) is 10.5. The number of hydrogen-bond acceptors (Lipinski definition) is 7. The van der Waals surface area contributed by atoms with Gasteiger partial charge in [-0.1, -0.05) is 0 Å². The Labute approximate surface area is 192 Å². The predicted octanol–water partition coefficient (Wildman–Crippen LogP) is 2.89. The molecule has 0 aromatic carbocycles. The Hall–Kier alpha value is -3.22. The fourth-order valence-electron chi connectivity index (χ4n) is 3.64. The number of carboxylic acid groups (broad SMARTS) is 1. The van der Waals surface area contributed by atoms with Crippen molar-refractivity contribution in [3.8, 4) is 5.75 Å². The van der Waals surface area contributed by atoms with Crippen LogP contribution in [0.25, 0.3) is 0 Å². The third-order valence-corrected chi connectivity index (χ3v) is 5.37. The first-order chi connectivity index (χ1) is 16.0. The summed E-state index contributed by atoms with van der Waals surface area (Å²) in [5.41, 5.74) is 1.73. The Kier molecular flexibility index (Phi) is 8.07. The number of nitrogens with zero attached hydrogens (tertiary/aromatic N) is 3. The summed E-state index contributed by atoms with van der Waals surface area (Å²) in [4.78, 5) is 32.2. The number of nitrogens with one attached hydrogen (secondary N) is 1. The van der Waals surface area contributed by atoms with Crippen molar-refractivity contribution in [2.75, 3.05) is 13.7 Å².